The van der Waals surface area contributed by atoms with Crippen LogP contribution in [0.25, 0.3) is 0 Å². The van der Waals surface area contributed by atoms with Crippen LogP contribution in [-0.2, 0) is 0 Å². The molecule has 1 aliphatic rings. The van der Waals surface area contributed by atoms with E-state index >= 15 is 0 Å². The third kappa shape index (κ3) is 2.84. The van der Waals surface area contributed by atoms with Crippen LogP contribution in [0.5, 0.6) is 0 Å². The maximum Gasteiger partial charge on any atom is 0.203 e. The van der Waals surface area contributed by atoms with Gasteiger partial charge in [0.25, 0.3) is 0 Å². The predicted molar refractivity (Wildman–Crippen MR) is 63.1 cm³/mol. The van der Waals surface area contributed by atoms with Crippen molar-refractivity contribution in [3.8, 4) is 0 Å². The largest absolute Gasteiger partial charge is 0.377 e. The summed E-state index contributed by atoms with van der Waals surface area (Å²) in [7, 11) is 0. The second-order valence-electron chi connectivity index (χ2n) is 4.20. The fourth-order valence-corrected chi connectivity index (χ4v) is 2.29. The van der Waals surface area contributed by atoms with Crippen molar-refractivity contribution in [2.45, 2.75) is 38.1 Å². The van der Waals surface area contributed by atoms with Gasteiger partial charge in [0.15, 0.2) is 0 Å². The average molecular weight is 243 g/mol. The zero-order chi connectivity index (χ0) is 11.4. The van der Waals surface area contributed by atoms with Gasteiger partial charge in [-0.2, -0.15) is 5.48 Å². The fraction of sp³-hybridized carbons (Fsp3) is 0.545. The van der Waals surface area contributed by atoms with Crippen molar-refractivity contribution in [2.24, 2.45) is 0 Å². The van der Waals surface area contributed by atoms with E-state index in [-0.39, 0.29) is 0 Å². The standard InChI is InChI=1S/C11H16ClN3O/c12-11-6-9(10(15-16)7-13-11)14-8-4-2-1-3-5-8/h6-8,15-16H,1-5H2,(H,13,14)/p+1. The van der Waals surface area contributed by atoms with Crippen LogP contribution in [0.4, 0.5) is 11.4 Å². The highest BCUT2D eigenvalue weighted by molar-refractivity contribution is 6.29. The smallest absolute Gasteiger partial charge is 0.203 e. The molecule has 1 aliphatic carbocycles. The number of quaternary nitrogens is 1. The summed E-state index contributed by atoms with van der Waals surface area (Å²) in [6, 6.07) is 2.25. The van der Waals surface area contributed by atoms with E-state index in [0.717, 1.165) is 11.2 Å². The molecule has 0 aromatic carbocycles. The molecule has 5 heteroatoms. The highest BCUT2D eigenvalue weighted by Gasteiger charge is 2.16. The number of hydrogen-bond donors (Lipinski definition) is 3. The first-order valence-electron chi connectivity index (χ1n) is 5.69. The Morgan fingerprint density at radius 3 is 2.81 bits per heavy atom. The number of hydrogen-bond acceptors (Lipinski definition) is 3. The number of rotatable bonds is 3. The molecule has 1 saturated carbocycles. The van der Waals surface area contributed by atoms with Crippen LogP contribution in [0.1, 0.15) is 32.1 Å². The highest BCUT2D eigenvalue weighted by Crippen LogP contribution is 2.25. The van der Waals surface area contributed by atoms with Gasteiger partial charge >= 0.3 is 0 Å². The van der Waals surface area contributed by atoms with Crippen LogP contribution in [0.3, 0.4) is 0 Å². The summed E-state index contributed by atoms with van der Waals surface area (Å²) in [5, 5.41) is 13.0. The van der Waals surface area contributed by atoms with Crippen LogP contribution in [0.2, 0.25) is 5.15 Å². The molecule has 88 valence electrons. The van der Waals surface area contributed by atoms with Crippen molar-refractivity contribution in [2.75, 3.05) is 5.32 Å². The van der Waals surface area contributed by atoms with Gasteiger partial charge in [0, 0.05) is 12.1 Å². The van der Waals surface area contributed by atoms with Crippen LogP contribution in [0.15, 0.2) is 12.3 Å². The lowest BCUT2D eigenvalue weighted by Gasteiger charge is -2.23. The van der Waals surface area contributed by atoms with Crippen molar-refractivity contribution >= 4 is 23.0 Å². The van der Waals surface area contributed by atoms with Gasteiger partial charge in [-0.25, -0.2) is 10.2 Å². The molecule has 1 aromatic heterocycles. The number of nitrogens with one attached hydrogen (secondary N) is 1. The maximum absolute atomic E-state index is 9.09. The summed E-state index contributed by atoms with van der Waals surface area (Å²) in [6.07, 6.45) is 7.82. The summed E-state index contributed by atoms with van der Waals surface area (Å²) >= 11 is 5.84. The Hall–Kier alpha value is -0.840. The van der Waals surface area contributed by atoms with Gasteiger partial charge in [0.05, 0.1) is 6.20 Å². The van der Waals surface area contributed by atoms with E-state index in [4.69, 9.17) is 16.8 Å². The summed E-state index contributed by atoms with van der Waals surface area (Å²) in [6.45, 7) is 0. The van der Waals surface area contributed by atoms with E-state index < -0.39 is 0 Å². The van der Waals surface area contributed by atoms with E-state index in [1.807, 2.05) is 0 Å². The first-order chi connectivity index (χ1) is 7.79. The molecule has 0 atom stereocenters. The second-order valence-corrected chi connectivity index (χ2v) is 4.59. The molecular weight excluding hydrogens is 226 g/mol. The summed E-state index contributed by atoms with van der Waals surface area (Å²) < 4.78 is 0. The number of nitrogens with two attached hydrogens (primary N) is 1. The van der Waals surface area contributed by atoms with Crippen LogP contribution >= 0.6 is 11.6 Å². The Kier molecular flexibility index (Phi) is 3.98. The van der Waals surface area contributed by atoms with Gasteiger partial charge in [0.2, 0.25) is 5.69 Å². The van der Waals surface area contributed by atoms with Gasteiger partial charge < -0.3 is 5.32 Å². The Morgan fingerprint density at radius 2 is 2.12 bits per heavy atom. The number of anilines is 1. The molecule has 1 heterocycles. The number of nitrogens with zero attached hydrogens (tertiary/aromatic N) is 1. The first-order valence-corrected chi connectivity index (χ1v) is 6.07. The lowest BCUT2D eigenvalue weighted by Crippen LogP contribution is -2.74. The van der Waals surface area contributed by atoms with Crippen LogP contribution < -0.4 is 10.8 Å². The highest BCUT2D eigenvalue weighted by atomic mass is 35.5. The van der Waals surface area contributed by atoms with Gasteiger partial charge in [0.1, 0.15) is 10.8 Å². The average Bonchev–Trinajstić information content (AvgIpc) is 2.31. The molecule has 0 spiro atoms. The number of pyridine rings is 1. The molecule has 0 amide bonds. The molecule has 0 aliphatic heterocycles. The van der Waals surface area contributed by atoms with E-state index in [1.54, 1.807) is 12.3 Å². The zero-order valence-electron chi connectivity index (χ0n) is 9.12. The molecule has 0 saturated heterocycles. The molecule has 4 nitrogen and oxygen atoms in total. The molecule has 0 bridgehead atoms. The summed E-state index contributed by atoms with van der Waals surface area (Å²) in [5.41, 5.74) is 2.62. The SMILES string of the molecule is O[NH2+]c1cnc(Cl)cc1NC1CCCCC1. The minimum Gasteiger partial charge on any atom is -0.377 e. The van der Waals surface area contributed by atoms with Crippen LogP contribution in [-0.4, -0.2) is 16.2 Å². The van der Waals surface area contributed by atoms with Crippen molar-refractivity contribution in [1.29, 1.82) is 0 Å². The van der Waals surface area contributed by atoms with Crippen LogP contribution in [0, 0.1) is 0 Å². The topological polar surface area (TPSA) is 61.8 Å². The predicted octanol–water partition coefficient (Wildman–Crippen LogP) is 2.06. The van der Waals surface area contributed by atoms with E-state index in [2.05, 4.69) is 10.3 Å². The molecule has 4 N–H and O–H groups in total. The second kappa shape index (κ2) is 5.48. The normalized spacial score (nSPS) is 17.4. The van der Waals surface area contributed by atoms with E-state index in [1.165, 1.54) is 32.1 Å². The molecule has 0 radical (unpaired) electrons. The van der Waals surface area contributed by atoms with E-state index in [9.17, 15) is 0 Å². The summed E-state index contributed by atoms with van der Waals surface area (Å²) in [4.78, 5) is 3.94. The fourth-order valence-electron chi connectivity index (χ4n) is 2.14. The quantitative estimate of drug-likeness (QED) is 0.562. The zero-order valence-corrected chi connectivity index (χ0v) is 9.87. The maximum atomic E-state index is 9.09. The minimum absolute atomic E-state index is 0.448. The lowest BCUT2D eigenvalue weighted by molar-refractivity contribution is -0.825. The van der Waals surface area contributed by atoms with Gasteiger partial charge in [-0.1, -0.05) is 30.9 Å². The van der Waals surface area contributed by atoms with Crippen molar-refractivity contribution < 1.29 is 10.7 Å². The molecule has 16 heavy (non-hydrogen) atoms. The number of halogens is 1. The lowest BCUT2D eigenvalue weighted by atomic mass is 9.95. The van der Waals surface area contributed by atoms with Crippen molar-refractivity contribution in [1.82, 2.24) is 4.98 Å². The molecular formula is C11H17ClN3O+. The Labute approximate surface area is 100.0 Å². The third-order valence-electron chi connectivity index (χ3n) is 3.01. The molecule has 1 fully saturated rings. The monoisotopic (exact) mass is 242 g/mol. The Morgan fingerprint density at radius 1 is 1.38 bits per heavy atom. The number of aromatic nitrogens is 1. The van der Waals surface area contributed by atoms with Gasteiger partial charge in [-0.3, -0.25) is 0 Å². The Balaban J connectivity index is 2.09. The van der Waals surface area contributed by atoms with E-state index in [0.29, 0.717) is 16.9 Å². The Bertz CT molecular complexity index is 353. The van der Waals surface area contributed by atoms with Crippen molar-refractivity contribution in [3.63, 3.8) is 0 Å². The molecule has 2 rings (SSSR count). The molecule has 1 aromatic rings. The minimum atomic E-state index is 0.448. The molecule has 0 unspecified atom stereocenters. The van der Waals surface area contributed by atoms with Gasteiger partial charge in [-0.05, 0) is 12.8 Å². The third-order valence-corrected chi connectivity index (χ3v) is 3.21. The first kappa shape index (κ1) is 11.6. The summed E-state index contributed by atoms with van der Waals surface area (Å²) in [5.74, 6) is 0. The van der Waals surface area contributed by atoms with Crippen molar-refractivity contribution in [3.05, 3.63) is 17.4 Å². The van der Waals surface area contributed by atoms with Gasteiger partial charge in [-0.15, -0.1) is 0 Å².